The van der Waals surface area contributed by atoms with E-state index >= 15 is 0 Å². The Morgan fingerprint density at radius 2 is 2.17 bits per heavy atom. The van der Waals surface area contributed by atoms with E-state index in [9.17, 15) is 23.7 Å². The quantitative estimate of drug-likeness (QED) is 0.330. The molecule has 0 radical (unpaired) electrons. The Morgan fingerprint density at radius 3 is 2.71 bits per heavy atom. The number of quaternary nitrogens is 1. The Hall–Kier alpha value is -1.76. The zero-order valence-corrected chi connectivity index (χ0v) is 15.3. The van der Waals surface area contributed by atoms with Crippen molar-refractivity contribution in [3.05, 3.63) is 43.4 Å². The minimum absolute atomic E-state index is 0.0321. The van der Waals surface area contributed by atoms with Crippen molar-refractivity contribution in [1.29, 1.82) is 0 Å². The molecule has 12 heteroatoms. The topological polar surface area (TPSA) is 137 Å². The van der Waals surface area contributed by atoms with Gasteiger partial charge in [-0.25, -0.2) is 13.4 Å². The summed E-state index contributed by atoms with van der Waals surface area (Å²) in [5, 5.41) is 29.4. The third-order valence-electron chi connectivity index (χ3n) is 2.72. The van der Waals surface area contributed by atoms with Gasteiger partial charge in [0.2, 0.25) is 0 Å². The lowest BCUT2D eigenvalue weighted by molar-refractivity contribution is -0.853. The number of rotatable bonds is 10. The lowest BCUT2D eigenvalue weighted by Gasteiger charge is -2.32. The van der Waals surface area contributed by atoms with Crippen LogP contribution >= 0.6 is 11.3 Å². The van der Waals surface area contributed by atoms with E-state index < -0.39 is 19.4 Å². The van der Waals surface area contributed by atoms with Crippen LogP contribution in [0.1, 0.15) is 10.7 Å². The molecule has 0 bridgehead atoms. The molecule has 2 N–H and O–H groups in total. The average Bonchev–Trinajstić information content (AvgIpc) is 2.80. The first-order chi connectivity index (χ1) is 11.0. The highest BCUT2D eigenvalue weighted by molar-refractivity contribution is 7.90. The normalized spacial score (nSPS) is 12.9. The summed E-state index contributed by atoms with van der Waals surface area (Å²) in [6.07, 6.45) is 0.724. The van der Waals surface area contributed by atoms with Gasteiger partial charge in [0, 0.05) is 19.0 Å². The highest BCUT2D eigenvalue weighted by Gasteiger charge is 2.16. The van der Waals surface area contributed by atoms with Gasteiger partial charge in [0.15, 0.2) is 15.7 Å². The Labute approximate surface area is 144 Å². The van der Waals surface area contributed by atoms with Gasteiger partial charge in [-0.1, -0.05) is 0 Å². The first-order valence-corrected chi connectivity index (χ1v) is 9.65. The largest absolute Gasteiger partial charge is 0.633 e. The number of thiazole rings is 1. The minimum atomic E-state index is -3.42. The molecule has 1 rings (SSSR count). The predicted octanol–water partition coefficient (Wildman–Crippen LogP) is 0.0167. The van der Waals surface area contributed by atoms with Gasteiger partial charge in [0.25, 0.3) is 6.20 Å². The van der Waals surface area contributed by atoms with E-state index in [1.54, 1.807) is 5.38 Å². The van der Waals surface area contributed by atoms with E-state index in [-0.39, 0.29) is 30.4 Å². The van der Waals surface area contributed by atoms with Crippen molar-refractivity contribution in [2.75, 3.05) is 33.4 Å². The van der Waals surface area contributed by atoms with Gasteiger partial charge in [0.1, 0.15) is 11.6 Å². The summed E-state index contributed by atoms with van der Waals surface area (Å²) in [6, 6.07) is 0. The second-order valence-electron chi connectivity index (χ2n) is 5.56. The van der Waals surface area contributed by atoms with Crippen LogP contribution in [0, 0.1) is 15.3 Å². The third-order valence-corrected chi connectivity index (χ3v) is 5.16. The standard InChI is InChI=1S/C12H21N5O5S2/c1-13-11(6-16(18)19)14-4-5-24(21,22)9-10-8-23-12(15-10)7-17(2,3)20/h6,8,13-14H,4-5,7,9H2,1-3H3. The molecule has 0 fully saturated rings. The summed E-state index contributed by atoms with van der Waals surface area (Å²) in [5.41, 5.74) is 0.401. The molecule has 24 heavy (non-hydrogen) atoms. The van der Waals surface area contributed by atoms with Gasteiger partial charge in [-0.2, -0.15) is 0 Å². The summed E-state index contributed by atoms with van der Waals surface area (Å²) in [7, 11) is 1.04. The molecule has 0 saturated carbocycles. The van der Waals surface area contributed by atoms with Crippen LogP contribution in [0.2, 0.25) is 0 Å². The Morgan fingerprint density at radius 1 is 1.50 bits per heavy atom. The lowest BCUT2D eigenvalue weighted by atomic mass is 10.5. The van der Waals surface area contributed by atoms with Gasteiger partial charge in [-0.05, 0) is 0 Å². The highest BCUT2D eigenvalue weighted by atomic mass is 32.2. The Balaban J connectivity index is 2.56. The van der Waals surface area contributed by atoms with Gasteiger partial charge < -0.3 is 20.5 Å². The Kier molecular flexibility index (Phi) is 7.08. The zero-order valence-electron chi connectivity index (χ0n) is 13.7. The molecule has 0 saturated heterocycles. The van der Waals surface area contributed by atoms with Gasteiger partial charge in [-0.3, -0.25) is 10.1 Å². The molecule has 1 heterocycles. The molecule has 0 unspecified atom stereocenters. The van der Waals surface area contributed by atoms with Crippen LogP contribution in [0.15, 0.2) is 17.4 Å². The number of nitro groups is 1. The van der Waals surface area contributed by atoms with Crippen LogP contribution in [-0.2, 0) is 22.1 Å². The van der Waals surface area contributed by atoms with Crippen LogP contribution in [-0.4, -0.2) is 56.4 Å². The predicted molar refractivity (Wildman–Crippen MR) is 90.9 cm³/mol. The number of hydrogen-bond donors (Lipinski definition) is 2. The first kappa shape index (κ1) is 20.3. The van der Waals surface area contributed by atoms with Gasteiger partial charge >= 0.3 is 0 Å². The molecule has 0 aliphatic heterocycles. The maximum Gasteiger partial charge on any atom is 0.274 e. The van der Waals surface area contributed by atoms with Crippen molar-refractivity contribution in [3.63, 3.8) is 0 Å². The molecular formula is C12H21N5O5S2. The van der Waals surface area contributed by atoms with Gasteiger partial charge in [0.05, 0.1) is 36.2 Å². The van der Waals surface area contributed by atoms with Crippen LogP contribution in [0.4, 0.5) is 0 Å². The fourth-order valence-electron chi connectivity index (χ4n) is 1.76. The van der Waals surface area contributed by atoms with Crippen molar-refractivity contribution >= 4 is 21.2 Å². The monoisotopic (exact) mass is 379 g/mol. The van der Waals surface area contributed by atoms with Crippen LogP contribution < -0.4 is 10.6 Å². The molecule has 10 nitrogen and oxygen atoms in total. The van der Waals surface area contributed by atoms with E-state index in [1.807, 2.05) is 0 Å². The van der Waals surface area contributed by atoms with Crippen molar-refractivity contribution < 1.29 is 18.0 Å². The fourth-order valence-corrected chi connectivity index (χ4v) is 3.98. The summed E-state index contributed by atoms with van der Waals surface area (Å²) >= 11 is 1.26. The van der Waals surface area contributed by atoms with E-state index in [1.165, 1.54) is 32.5 Å². The summed E-state index contributed by atoms with van der Waals surface area (Å²) in [5.74, 6) is -0.299. The van der Waals surface area contributed by atoms with Crippen molar-refractivity contribution in [1.82, 2.24) is 15.6 Å². The SMILES string of the molecule is CNC(=C[N+](=O)[O-])NCCS(=O)(=O)Cc1csc(C[N+](C)(C)[O-])n1. The molecule has 136 valence electrons. The summed E-state index contributed by atoms with van der Waals surface area (Å²) in [4.78, 5) is 13.9. The van der Waals surface area contributed by atoms with Crippen molar-refractivity contribution in [2.24, 2.45) is 0 Å². The first-order valence-electron chi connectivity index (χ1n) is 6.95. The number of hydrogen-bond acceptors (Lipinski definition) is 9. The molecule has 0 aromatic carbocycles. The van der Waals surface area contributed by atoms with E-state index in [2.05, 4.69) is 15.6 Å². The van der Waals surface area contributed by atoms with Crippen LogP contribution in [0.25, 0.3) is 0 Å². The molecule has 0 aliphatic rings. The zero-order chi connectivity index (χ0) is 18.4. The third kappa shape index (κ3) is 8.19. The molecule has 0 spiro atoms. The minimum Gasteiger partial charge on any atom is -0.633 e. The number of hydroxylamine groups is 3. The maximum atomic E-state index is 12.1. The Bertz CT molecular complexity index is 693. The number of nitrogens with zero attached hydrogens (tertiary/aromatic N) is 3. The molecule has 0 amide bonds. The summed E-state index contributed by atoms with van der Waals surface area (Å²) in [6.45, 7) is 0.216. The molecule has 1 aromatic rings. The lowest BCUT2D eigenvalue weighted by Crippen LogP contribution is -2.31. The van der Waals surface area contributed by atoms with Crippen LogP contribution in [0.5, 0.6) is 0 Å². The molecule has 0 aliphatic carbocycles. The molecule has 0 atom stereocenters. The van der Waals surface area contributed by atoms with E-state index in [4.69, 9.17) is 0 Å². The molecule has 1 aromatic heterocycles. The number of sulfone groups is 1. The molecular weight excluding hydrogens is 358 g/mol. The summed E-state index contributed by atoms with van der Waals surface area (Å²) < 4.78 is 23.6. The average molecular weight is 379 g/mol. The van der Waals surface area contributed by atoms with E-state index in [0.717, 1.165) is 6.20 Å². The number of aromatic nitrogens is 1. The fraction of sp³-hybridized carbons (Fsp3) is 0.583. The van der Waals surface area contributed by atoms with E-state index in [0.29, 0.717) is 10.7 Å². The smallest absolute Gasteiger partial charge is 0.274 e. The number of nitrogens with one attached hydrogen (secondary N) is 2. The highest BCUT2D eigenvalue weighted by Crippen LogP contribution is 2.16. The van der Waals surface area contributed by atoms with Crippen molar-refractivity contribution in [3.8, 4) is 0 Å². The second kappa shape index (κ2) is 8.37. The van der Waals surface area contributed by atoms with Crippen molar-refractivity contribution in [2.45, 2.75) is 12.3 Å². The van der Waals surface area contributed by atoms with Crippen LogP contribution in [0.3, 0.4) is 0 Å². The second-order valence-corrected chi connectivity index (χ2v) is 8.69. The maximum absolute atomic E-state index is 12.1. The van der Waals surface area contributed by atoms with Gasteiger partial charge in [-0.15, -0.1) is 11.3 Å².